The first-order valence-electron chi connectivity index (χ1n) is 9.43. The Morgan fingerprint density at radius 3 is 2.55 bits per heavy atom. The first-order chi connectivity index (χ1) is 15.7. The summed E-state index contributed by atoms with van der Waals surface area (Å²) in [5, 5.41) is 12.0. The summed E-state index contributed by atoms with van der Waals surface area (Å²) in [7, 11) is 0. The molecule has 1 N–H and O–H groups in total. The molecule has 0 radical (unpaired) electrons. The third-order valence-corrected chi connectivity index (χ3v) is 4.60. The van der Waals surface area contributed by atoms with Crippen molar-refractivity contribution in [3.63, 3.8) is 0 Å². The Balaban J connectivity index is 1.83. The summed E-state index contributed by atoms with van der Waals surface area (Å²) < 4.78 is 57.7. The van der Waals surface area contributed by atoms with Gasteiger partial charge in [-0.05, 0) is 60.2 Å². The van der Waals surface area contributed by atoms with Crippen LogP contribution in [-0.2, 0) is 17.6 Å². The minimum absolute atomic E-state index is 0.0125. The highest BCUT2D eigenvalue weighted by Crippen LogP contribution is 2.31. The summed E-state index contributed by atoms with van der Waals surface area (Å²) in [5.41, 5.74) is -0.599. The Labute approximate surface area is 191 Å². The van der Waals surface area contributed by atoms with Crippen LogP contribution in [0.15, 0.2) is 72.3 Å². The van der Waals surface area contributed by atoms with E-state index in [-0.39, 0.29) is 29.2 Å². The second-order valence-corrected chi connectivity index (χ2v) is 7.24. The van der Waals surface area contributed by atoms with Gasteiger partial charge in [-0.15, -0.1) is 0 Å². The van der Waals surface area contributed by atoms with E-state index in [1.807, 2.05) is 0 Å². The van der Waals surface area contributed by atoms with Crippen molar-refractivity contribution in [3.05, 3.63) is 99.8 Å². The molecule has 0 bridgehead atoms. The molecule has 0 unspecified atom stereocenters. The fraction of sp³-hybridized carbons (Fsp3) is 0.0833. The highest BCUT2D eigenvalue weighted by Gasteiger charge is 2.30. The van der Waals surface area contributed by atoms with E-state index in [9.17, 15) is 27.6 Å². The third-order valence-electron chi connectivity index (χ3n) is 4.37. The summed E-state index contributed by atoms with van der Waals surface area (Å²) in [6.45, 7) is 0.0125. The predicted octanol–water partition coefficient (Wildman–Crippen LogP) is 6.62. The number of carbonyl (C=O) groups excluding carboxylic acids is 1. The van der Waals surface area contributed by atoms with Gasteiger partial charge in [-0.2, -0.15) is 18.4 Å². The molecule has 0 heterocycles. The highest BCUT2D eigenvalue weighted by atomic mass is 35.5. The number of amides is 1. The van der Waals surface area contributed by atoms with Crippen molar-refractivity contribution in [2.45, 2.75) is 12.8 Å². The molecule has 3 aromatic carbocycles. The van der Waals surface area contributed by atoms with E-state index in [4.69, 9.17) is 16.3 Å². The monoisotopic (exact) mass is 474 g/mol. The van der Waals surface area contributed by atoms with Crippen LogP contribution in [0.1, 0.15) is 16.7 Å². The van der Waals surface area contributed by atoms with Gasteiger partial charge in [0, 0.05) is 16.3 Å². The van der Waals surface area contributed by atoms with Crippen LogP contribution in [0.5, 0.6) is 5.75 Å². The van der Waals surface area contributed by atoms with E-state index >= 15 is 0 Å². The van der Waals surface area contributed by atoms with Gasteiger partial charge < -0.3 is 10.1 Å². The lowest BCUT2D eigenvalue weighted by atomic mass is 10.1. The first kappa shape index (κ1) is 23.8. The van der Waals surface area contributed by atoms with Gasteiger partial charge in [-0.1, -0.05) is 29.8 Å². The maximum absolute atomic E-state index is 13.4. The van der Waals surface area contributed by atoms with Gasteiger partial charge in [0.05, 0.1) is 5.56 Å². The van der Waals surface area contributed by atoms with Gasteiger partial charge in [0.2, 0.25) is 0 Å². The summed E-state index contributed by atoms with van der Waals surface area (Å²) in [5.74, 6) is -1.07. The molecule has 3 aromatic rings. The molecule has 1 amide bonds. The van der Waals surface area contributed by atoms with Crippen molar-refractivity contribution < 1.29 is 27.1 Å². The molecule has 9 heteroatoms. The zero-order chi connectivity index (χ0) is 24.0. The molecular formula is C24H15ClF4N2O2. The van der Waals surface area contributed by atoms with E-state index in [0.717, 1.165) is 18.2 Å². The molecule has 33 heavy (non-hydrogen) atoms. The van der Waals surface area contributed by atoms with Gasteiger partial charge >= 0.3 is 6.18 Å². The maximum atomic E-state index is 13.4. The fourth-order valence-electron chi connectivity index (χ4n) is 2.83. The Morgan fingerprint density at radius 1 is 1.09 bits per heavy atom. The number of benzene rings is 3. The number of rotatable bonds is 6. The van der Waals surface area contributed by atoms with Crippen LogP contribution in [-0.4, -0.2) is 5.91 Å². The molecule has 0 spiro atoms. The minimum atomic E-state index is -4.58. The normalized spacial score (nSPS) is 11.6. The lowest BCUT2D eigenvalue weighted by Gasteiger charge is -2.11. The molecule has 0 aliphatic carbocycles. The van der Waals surface area contributed by atoms with Gasteiger partial charge in [0.1, 0.15) is 29.8 Å². The minimum Gasteiger partial charge on any atom is -0.488 e. The summed E-state index contributed by atoms with van der Waals surface area (Å²) >= 11 is 6.03. The predicted molar refractivity (Wildman–Crippen MR) is 116 cm³/mol. The van der Waals surface area contributed by atoms with Gasteiger partial charge in [0.25, 0.3) is 5.91 Å². The second-order valence-electron chi connectivity index (χ2n) is 6.80. The molecule has 0 aliphatic rings. The van der Waals surface area contributed by atoms with Gasteiger partial charge in [-0.3, -0.25) is 4.79 Å². The number of hydrogen-bond acceptors (Lipinski definition) is 3. The highest BCUT2D eigenvalue weighted by molar-refractivity contribution is 6.30. The van der Waals surface area contributed by atoms with E-state index in [1.54, 1.807) is 12.1 Å². The topological polar surface area (TPSA) is 62.1 Å². The molecule has 3 rings (SSSR count). The summed E-state index contributed by atoms with van der Waals surface area (Å²) in [6, 6.07) is 16.1. The van der Waals surface area contributed by atoms with Crippen LogP contribution < -0.4 is 10.1 Å². The van der Waals surface area contributed by atoms with Crippen molar-refractivity contribution in [3.8, 4) is 11.8 Å². The number of alkyl halides is 3. The zero-order valence-corrected chi connectivity index (χ0v) is 17.5. The quantitative estimate of drug-likeness (QED) is 0.248. The Morgan fingerprint density at radius 2 is 1.85 bits per heavy atom. The van der Waals surface area contributed by atoms with Crippen LogP contribution in [0.2, 0.25) is 5.02 Å². The van der Waals surface area contributed by atoms with Crippen molar-refractivity contribution >= 4 is 29.3 Å². The van der Waals surface area contributed by atoms with Crippen LogP contribution in [0.4, 0.5) is 23.2 Å². The summed E-state index contributed by atoms with van der Waals surface area (Å²) in [6.07, 6.45) is -3.38. The lowest BCUT2D eigenvalue weighted by Crippen LogP contribution is -2.14. The largest absolute Gasteiger partial charge is 0.488 e. The van der Waals surface area contributed by atoms with E-state index in [0.29, 0.717) is 10.6 Å². The molecule has 0 fully saturated rings. The van der Waals surface area contributed by atoms with E-state index < -0.39 is 23.5 Å². The number of anilines is 1. The SMILES string of the molecule is N#C/C(=C\c1cc(Cl)ccc1OCc1cccc(F)c1)C(=O)Nc1cccc(C(F)(F)F)c1. The van der Waals surface area contributed by atoms with E-state index in [2.05, 4.69) is 5.32 Å². The number of carbonyl (C=O) groups is 1. The molecule has 0 atom stereocenters. The fourth-order valence-corrected chi connectivity index (χ4v) is 3.01. The number of halogens is 5. The number of nitriles is 1. The third kappa shape index (κ3) is 6.57. The van der Waals surface area contributed by atoms with Crippen LogP contribution >= 0.6 is 11.6 Å². The molecule has 0 saturated heterocycles. The molecule has 0 aliphatic heterocycles. The van der Waals surface area contributed by atoms with Crippen molar-refractivity contribution in [2.24, 2.45) is 0 Å². The Bertz CT molecular complexity index is 1250. The Hall–Kier alpha value is -3.83. The standard InChI is InChI=1S/C24H15ClF4N2O2/c25-19-7-8-22(33-14-15-3-1-5-20(26)9-15)16(11-19)10-17(13-30)23(32)31-21-6-2-4-18(12-21)24(27,28)29/h1-12H,14H2,(H,31,32)/b17-10+. The second kappa shape index (κ2) is 10.2. The number of nitrogens with zero attached hydrogens (tertiary/aromatic N) is 1. The number of nitrogens with one attached hydrogen (secondary N) is 1. The Kier molecular flexibility index (Phi) is 7.36. The lowest BCUT2D eigenvalue weighted by molar-refractivity contribution is -0.137. The molecular weight excluding hydrogens is 460 g/mol. The number of ether oxygens (including phenoxy) is 1. The molecule has 0 saturated carbocycles. The molecule has 0 aromatic heterocycles. The van der Waals surface area contributed by atoms with Crippen LogP contribution in [0, 0.1) is 17.1 Å². The average Bonchev–Trinajstić information content (AvgIpc) is 2.76. The summed E-state index contributed by atoms with van der Waals surface area (Å²) in [4.78, 5) is 12.5. The van der Waals surface area contributed by atoms with Gasteiger partial charge in [0.15, 0.2) is 0 Å². The first-order valence-corrected chi connectivity index (χ1v) is 9.81. The van der Waals surface area contributed by atoms with Gasteiger partial charge in [-0.25, -0.2) is 4.39 Å². The maximum Gasteiger partial charge on any atom is 0.416 e. The zero-order valence-electron chi connectivity index (χ0n) is 16.8. The van der Waals surface area contributed by atoms with E-state index in [1.165, 1.54) is 48.5 Å². The van der Waals surface area contributed by atoms with Crippen molar-refractivity contribution in [1.82, 2.24) is 0 Å². The molecule has 168 valence electrons. The molecule has 4 nitrogen and oxygen atoms in total. The number of hydrogen-bond donors (Lipinski definition) is 1. The van der Waals surface area contributed by atoms with Crippen molar-refractivity contribution in [1.29, 1.82) is 5.26 Å². The smallest absolute Gasteiger partial charge is 0.416 e. The van der Waals surface area contributed by atoms with Crippen LogP contribution in [0.25, 0.3) is 6.08 Å². The average molecular weight is 475 g/mol. The van der Waals surface area contributed by atoms with Crippen molar-refractivity contribution in [2.75, 3.05) is 5.32 Å². The van der Waals surface area contributed by atoms with Crippen LogP contribution in [0.3, 0.4) is 0 Å².